The van der Waals surface area contributed by atoms with E-state index in [0.717, 1.165) is 50.1 Å². The number of anilines is 3. The number of furan rings is 1. The largest absolute Gasteiger partial charge is 0.456 e. The molecule has 2 nitrogen and oxygen atoms in total. The highest BCUT2D eigenvalue weighted by atomic mass is 16.3. The molecule has 0 unspecified atom stereocenters. The average molecular weight is 688 g/mol. The lowest BCUT2D eigenvalue weighted by Gasteiger charge is -2.27. The molecule has 11 aromatic rings. The molecule has 0 aliphatic rings. The van der Waals surface area contributed by atoms with E-state index in [1.54, 1.807) is 0 Å². The van der Waals surface area contributed by atoms with E-state index in [1.165, 1.54) is 54.2 Å². The molecule has 0 saturated heterocycles. The van der Waals surface area contributed by atoms with Crippen LogP contribution < -0.4 is 4.90 Å². The van der Waals surface area contributed by atoms with Gasteiger partial charge < -0.3 is 9.32 Å². The lowest BCUT2D eigenvalue weighted by Crippen LogP contribution is -2.10. The van der Waals surface area contributed by atoms with Gasteiger partial charge in [0.15, 0.2) is 0 Å². The summed E-state index contributed by atoms with van der Waals surface area (Å²) in [5, 5.41) is 12.4. The quantitative estimate of drug-likeness (QED) is 0.168. The molecule has 2 heteroatoms. The number of hydrogen-bond donors (Lipinski definition) is 0. The lowest BCUT2D eigenvalue weighted by molar-refractivity contribution is 0.669. The minimum absolute atomic E-state index is 0.904. The molecule has 54 heavy (non-hydrogen) atoms. The zero-order valence-electron chi connectivity index (χ0n) is 29.4. The molecule has 0 amide bonds. The summed E-state index contributed by atoms with van der Waals surface area (Å²) in [5.74, 6) is 0. The van der Waals surface area contributed by atoms with Crippen LogP contribution in [0.15, 0.2) is 205 Å². The van der Waals surface area contributed by atoms with Crippen molar-refractivity contribution in [1.29, 1.82) is 0 Å². The number of hydrogen-bond acceptors (Lipinski definition) is 2. The summed E-state index contributed by atoms with van der Waals surface area (Å²) in [5.41, 5.74) is 9.76. The van der Waals surface area contributed by atoms with Gasteiger partial charge in [0.05, 0.1) is 0 Å². The Hall–Kier alpha value is -7.16. The summed E-state index contributed by atoms with van der Waals surface area (Å²) in [6.07, 6.45) is 0. The van der Waals surface area contributed by atoms with E-state index in [-0.39, 0.29) is 0 Å². The summed E-state index contributed by atoms with van der Waals surface area (Å²) < 4.78 is 6.24. The number of rotatable bonds is 5. The van der Waals surface area contributed by atoms with Crippen LogP contribution in [0.5, 0.6) is 0 Å². The van der Waals surface area contributed by atoms with E-state index in [0.29, 0.717) is 0 Å². The van der Waals surface area contributed by atoms with E-state index in [1.807, 2.05) is 12.1 Å². The predicted octanol–water partition coefficient (Wildman–Crippen LogP) is 15.0. The summed E-state index contributed by atoms with van der Waals surface area (Å²) in [6, 6.07) is 72.4. The molecular weight excluding hydrogens is 655 g/mol. The molecule has 0 aliphatic carbocycles. The standard InChI is InChI=1S/C52H33NO/c1-2-9-34(10-3-1)39-12-8-13-43(31-39)53(42-26-23-35(24-27-42)40-25-29-48-47-15-6-7-16-49(47)54-50(48)33-40)44-28-30-46-41(32-44)22-21-38-20-19-37-18-17-36-11-4-5-14-45(36)51(37)52(38)46/h1-33H. The molecule has 10 aromatic carbocycles. The second-order valence-corrected chi connectivity index (χ2v) is 14.1. The van der Waals surface area contributed by atoms with Crippen molar-refractivity contribution >= 4 is 82.1 Å². The zero-order valence-corrected chi connectivity index (χ0v) is 29.4. The van der Waals surface area contributed by atoms with Crippen molar-refractivity contribution in [3.8, 4) is 22.3 Å². The summed E-state index contributed by atoms with van der Waals surface area (Å²) in [7, 11) is 0. The lowest BCUT2D eigenvalue weighted by atomic mass is 9.93. The van der Waals surface area contributed by atoms with E-state index >= 15 is 0 Å². The highest BCUT2D eigenvalue weighted by molar-refractivity contribution is 6.27. The smallest absolute Gasteiger partial charge is 0.136 e. The second-order valence-electron chi connectivity index (χ2n) is 14.1. The molecule has 0 N–H and O–H groups in total. The Morgan fingerprint density at radius 2 is 0.815 bits per heavy atom. The number of benzene rings is 10. The van der Waals surface area contributed by atoms with Gasteiger partial charge in [-0.2, -0.15) is 0 Å². The maximum Gasteiger partial charge on any atom is 0.136 e. The van der Waals surface area contributed by atoms with Gasteiger partial charge in [-0.05, 0) is 120 Å². The van der Waals surface area contributed by atoms with Gasteiger partial charge in [-0.3, -0.25) is 0 Å². The number of para-hydroxylation sites is 1. The van der Waals surface area contributed by atoms with E-state index < -0.39 is 0 Å². The van der Waals surface area contributed by atoms with Crippen molar-refractivity contribution in [2.24, 2.45) is 0 Å². The van der Waals surface area contributed by atoms with E-state index in [9.17, 15) is 0 Å². The van der Waals surface area contributed by atoms with Gasteiger partial charge in [-0.1, -0.05) is 146 Å². The number of nitrogens with zero attached hydrogens (tertiary/aromatic N) is 1. The van der Waals surface area contributed by atoms with Crippen molar-refractivity contribution in [3.05, 3.63) is 200 Å². The molecule has 0 saturated carbocycles. The van der Waals surface area contributed by atoms with E-state index in [2.05, 4.69) is 193 Å². The summed E-state index contributed by atoms with van der Waals surface area (Å²) in [4.78, 5) is 2.38. The minimum atomic E-state index is 0.904. The van der Waals surface area contributed by atoms with Crippen LogP contribution in [0, 0.1) is 0 Å². The summed E-state index contributed by atoms with van der Waals surface area (Å²) >= 11 is 0. The van der Waals surface area contributed by atoms with Crippen LogP contribution in [-0.4, -0.2) is 0 Å². The highest BCUT2D eigenvalue weighted by Gasteiger charge is 2.17. The van der Waals surface area contributed by atoms with Crippen molar-refractivity contribution in [2.75, 3.05) is 4.90 Å². The molecule has 0 fully saturated rings. The first-order valence-corrected chi connectivity index (χ1v) is 18.5. The van der Waals surface area contributed by atoms with Crippen molar-refractivity contribution in [3.63, 3.8) is 0 Å². The fourth-order valence-electron chi connectivity index (χ4n) is 8.39. The molecule has 0 bridgehead atoms. The topological polar surface area (TPSA) is 16.4 Å². The van der Waals surface area contributed by atoms with Crippen molar-refractivity contribution in [1.82, 2.24) is 0 Å². The Balaban J connectivity index is 1.07. The maximum absolute atomic E-state index is 6.24. The third-order valence-corrected chi connectivity index (χ3v) is 11.0. The first-order chi connectivity index (χ1) is 26.7. The molecule has 0 radical (unpaired) electrons. The van der Waals surface area contributed by atoms with Gasteiger partial charge in [-0.25, -0.2) is 0 Å². The second kappa shape index (κ2) is 12.2. The van der Waals surface area contributed by atoms with Gasteiger partial charge in [0, 0.05) is 27.8 Å². The van der Waals surface area contributed by atoms with Crippen LogP contribution in [0.25, 0.3) is 87.3 Å². The molecule has 0 atom stereocenters. The minimum Gasteiger partial charge on any atom is -0.456 e. The first-order valence-electron chi connectivity index (χ1n) is 18.5. The number of fused-ring (bicyclic) bond motifs is 10. The molecule has 1 aromatic heterocycles. The molecular formula is C52H33NO. The van der Waals surface area contributed by atoms with Crippen LogP contribution in [0.4, 0.5) is 17.1 Å². The molecule has 1 heterocycles. The van der Waals surface area contributed by atoms with Gasteiger partial charge in [-0.15, -0.1) is 0 Å². The third-order valence-electron chi connectivity index (χ3n) is 11.0. The molecule has 252 valence electrons. The highest BCUT2D eigenvalue weighted by Crippen LogP contribution is 2.42. The van der Waals surface area contributed by atoms with Crippen molar-refractivity contribution < 1.29 is 4.42 Å². The van der Waals surface area contributed by atoms with Crippen LogP contribution in [-0.2, 0) is 0 Å². The van der Waals surface area contributed by atoms with Gasteiger partial charge in [0.25, 0.3) is 0 Å². The van der Waals surface area contributed by atoms with Gasteiger partial charge in [0.1, 0.15) is 11.2 Å². The monoisotopic (exact) mass is 687 g/mol. The molecule has 0 spiro atoms. The SMILES string of the molecule is c1ccc(-c2cccc(N(c3ccc(-c4ccc5c(c4)oc4ccccc45)cc3)c3ccc4c(ccc5ccc6ccc7ccccc7c6c54)c3)c2)cc1. The van der Waals surface area contributed by atoms with Crippen molar-refractivity contribution in [2.45, 2.75) is 0 Å². The van der Waals surface area contributed by atoms with Gasteiger partial charge >= 0.3 is 0 Å². The van der Waals surface area contributed by atoms with Crippen LogP contribution >= 0.6 is 0 Å². The first kappa shape index (κ1) is 30.5. The Morgan fingerprint density at radius 3 is 1.63 bits per heavy atom. The maximum atomic E-state index is 6.24. The normalized spacial score (nSPS) is 11.7. The predicted molar refractivity (Wildman–Crippen MR) is 229 cm³/mol. The molecule has 0 aliphatic heterocycles. The van der Waals surface area contributed by atoms with Crippen LogP contribution in [0.3, 0.4) is 0 Å². The zero-order chi connectivity index (χ0) is 35.6. The Kier molecular flexibility index (Phi) is 6.90. The van der Waals surface area contributed by atoms with Crippen LogP contribution in [0.1, 0.15) is 0 Å². The fraction of sp³-hybridized carbons (Fsp3) is 0. The Morgan fingerprint density at radius 1 is 0.278 bits per heavy atom. The third kappa shape index (κ3) is 4.96. The summed E-state index contributed by atoms with van der Waals surface area (Å²) in [6.45, 7) is 0. The molecule has 11 rings (SSSR count). The van der Waals surface area contributed by atoms with E-state index in [4.69, 9.17) is 4.42 Å². The fourth-order valence-corrected chi connectivity index (χ4v) is 8.39. The Bertz CT molecular complexity index is 3210. The van der Waals surface area contributed by atoms with Crippen LogP contribution in [0.2, 0.25) is 0 Å². The average Bonchev–Trinajstić information content (AvgIpc) is 3.62. The Labute approximate surface area is 312 Å². The van der Waals surface area contributed by atoms with Gasteiger partial charge in [0.2, 0.25) is 0 Å².